The van der Waals surface area contributed by atoms with Crippen molar-refractivity contribution in [2.75, 3.05) is 11.5 Å². The predicted molar refractivity (Wildman–Crippen MR) is 143 cm³/mol. The highest BCUT2D eigenvalue weighted by molar-refractivity contribution is 6.15. The highest BCUT2D eigenvalue weighted by Crippen LogP contribution is 2.50. The van der Waals surface area contributed by atoms with E-state index in [9.17, 15) is 9.59 Å². The second kappa shape index (κ2) is 9.73. The number of hydrogen-bond donors (Lipinski definition) is 0. The summed E-state index contributed by atoms with van der Waals surface area (Å²) in [6.07, 6.45) is 1.99. The fourth-order valence-electron chi connectivity index (χ4n) is 5.46. The number of aliphatic imine (C=N–C) groups is 1. The van der Waals surface area contributed by atoms with Crippen LogP contribution in [0.4, 0.5) is 11.4 Å². The number of rotatable bonds is 5. The molecule has 2 atom stereocenters. The molecule has 36 heavy (non-hydrogen) atoms. The maximum absolute atomic E-state index is 14.3. The summed E-state index contributed by atoms with van der Waals surface area (Å²) in [6.45, 7) is 6.84. The number of ketones is 1. The van der Waals surface area contributed by atoms with Crippen LogP contribution in [0.1, 0.15) is 62.0 Å². The number of Topliss-reactive ketones (excluding diaryl/α,β-unsaturated/α-hetero) is 1. The Bertz CT molecular complexity index is 1310. The molecule has 0 radical (unpaired) electrons. The zero-order chi connectivity index (χ0) is 25.3. The van der Waals surface area contributed by atoms with Gasteiger partial charge in [0.2, 0.25) is 0 Å². The van der Waals surface area contributed by atoms with Gasteiger partial charge in [-0.2, -0.15) is 0 Å². The van der Waals surface area contributed by atoms with Crippen LogP contribution in [-0.2, 0) is 4.79 Å². The van der Waals surface area contributed by atoms with Gasteiger partial charge in [-0.25, -0.2) is 0 Å². The lowest BCUT2D eigenvalue weighted by atomic mass is 9.67. The molecular formula is C31H32N2O3. The normalized spacial score (nSPS) is 20.6. The second-order valence-electron chi connectivity index (χ2n) is 10.4. The molecule has 0 spiro atoms. The smallest absolute Gasteiger partial charge is 0.258 e. The number of hydrogen-bond acceptors (Lipinski definition) is 4. The fourth-order valence-corrected chi connectivity index (χ4v) is 5.46. The lowest BCUT2D eigenvalue weighted by Gasteiger charge is -2.41. The summed E-state index contributed by atoms with van der Waals surface area (Å²) < 4.78 is 6.17. The van der Waals surface area contributed by atoms with Crippen LogP contribution in [0.2, 0.25) is 0 Å². The first-order chi connectivity index (χ1) is 17.4. The quantitative estimate of drug-likeness (QED) is 0.397. The van der Waals surface area contributed by atoms with Gasteiger partial charge in [-0.05, 0) is 48.6 Å². The van der Waals surface area contributed by atoms with Gasteiger partial charge in [0.05, 0.1) is 29.9 Å². The van der Waals surface area contributed by atoms with E-state index in [-0.39, 0.29) is 17.1 Å². The van der Waals surface area contributed by atoms with E-state index in [2.05, 4.69) is 20.8 Å². The first-order valence-electron chi connectivity index (χ1n) is 12.7. The molecule has 3 aromatic rings. The maximum atomic E-state index is 14.3. The summed E-state index contributed by atoms with van der Waals surface area (Å²) in [6, 6.07) is 24.2. The van der Waals surface area contributed by atoms with Crippen LogP contribution in [0.15, 0.2) is 83.9 Å². The van der Waals surface area contributed by atoms with E-state index < -0.39 is 12.0 Å². The van der Waals surface area contributed by atoms with Gasteiger partial charge in [0, 0.05) is 23.3 Å². The highest BCUT2D eigenvalue weighted by atomic mass is 16.5. The van der Waals surface area contributed by atoms with Crippen molar-refractivity contribution < 1.29 is 14.3 Å². The summed E-state index contributed by atoms with van der Waals surface area (Å²) in [7, 11) is 0. The topological polar surface area (TPSA) is 59.0 Å². The minimum Gasteiger partial charge on any atom is -0.493 e. The number of ether oxygens (including phenoxy) is 1. The van der Waals surface area contributed by atoms with Crippen molar-refractivity contribution in [1.82, 2.24) is 0 Å². The summed E-state index contributed by atoms with van der Waals surface area (Å²) >= 11 is 0. The molecule has 1 aliphatic heterocycles. The van der Waals surface area contributed by atoms with Crippen molar-refractivity contribution in [1.29, 1.82) is 0 Å². The molecule has 3 aromatic carbocycles. The van der Waals surface area contributed by atoms with E-state index in [0.29, 0.717) is 42.1 Å². The predicted octanol–water partition coefficient (Wildman–Crippen LogP) is 6.95. The number of fused-ring (bicyclic) bond motifs is 2. The molecule has 0 bridgehead atoms. The lowest BCUT2D eigenvalue weighted by molar-refractivity contribution is -0.124. The summed E-state index contributed by atoms with van der Waals surface area (Å²) in [4.78, 5) is 35.0. The average Bonchev–Trinajstić information content (AvgIpc) is 3.01. The molecule has 0 N–H and O–H groups in total. The van der Waals surface area contributed by atoms with E-state index in [1.165, 1.54) is 0 Å². The number of para-hydroxylation sites is 3. The van der Waals surface area contributed by atoms with Gasteiger partial charge >= 0.3 is 0 Å². The zero-order valence-electron chi connectivity index (χ0n) is 21.1. The number of nitrogens with zero attached hydrogens (tertiary/aromatic N) is 2. The first-order valence-corrected chi connectivity index (χ1v) is 12.7. The van der Waals surface area contributed by atoms with Crippen LogP contribution >= 0.6 is 0 Å². The molecule has 5 nitrogen and oxygen atoms in total. The van der Waals surface area contributed by atoms with Gasteiger partial charge in [0.15, 0.2) is 0 Å². The number of amides is 1. The molecule has 2 aliphatic rings. The van der Waals surface area contributed by atoms with Crippen molar-refractivity contribution in [2.24, 2.45) is 16.3 Å². The Kier molecular flexibility index (Phi) is 6.48. The Hall–Kier alpha value is -3.73. The van der Waals surface area contributed by atoms with Gasteiger partial charge < -0.3 is 4.74 Å². The van der Waals surface area contributed by atoms with E-state index >= 15 is 0 Å². The monoisotopic (exact) mass is 480 g/mol. The molecule has 0 saturated heterocycles. The standard InChI is InChI=1S/C31H32N2O3/c1-4-18-36-27-17-11-8-14-22(27)29-28-24(19-31(2,3)20-26(28)34)32-23-15-9-10-16-25(23)33(29)30(35)21-12-6-5-7-13-21/h5-17,28-29H,4,18-20H2,1-3H3/t28-,29-/m0/s1. The van der Waals surface area contributed by atoms with E-state index in [1.807, 2.05) is 78.9 Å². The van der Waals surface area contributed by atoms with Crippen LogP contribution in [-0.4, -0.2) is 24.0 Å². The third-order valence-electron chi connectivity index (χ3n) is 6.96. The van der Waals surface area contributed by atoms with E-state index in [1.54, 1.807) is 4.90 Å². The Balaban J connectivity index is 1.77. The van der Waals surface area contributed by atoms with Gasteiger partial charge in [-0.3, -0.25) is 19.5 Å². The first kappa shape index (κ1) is 24.0. The molecule has 1 aliphatic carbocycles. The zero-order valence-corrected chi connectivity index (χ0v) is 21.1. The Morgan fingerprint density at radius 1 is 0.972 bits per heavy atom. The molecule has 5 rings (SSSR count). The van der Waals surface area contributed by atoms with Gasteiger partial charge in [-0.15, -0.1) is 0 Å². The highest BCUT2D eigenvalue weighted by Gasteiger charge is 2.48. The van der Waals surface area contributed by atoms with Crippen molar-refractivity contribution in [3.8, 4) is 5.75 Å². The average molecular weight is 481 g/mol. The molecule has 1 amide bonds. The Morgan fingerprint density at radius 2 is 1.67 bits per heavy atom. The number of carbonyl (C=O) groups excluding carboxylic acids is 2. The number of benzene rings is 3. The maximum Gasteiger partial charge on any atom is 0.258 e. The summed E-state index contributed by atoms with van der Waals surface area (Å²) in [5.74, 6) is 0.0995. The van der Waals surface area contributed by atoms with Gasteiger partial charge in [-0.1, -0.05) is 69.3 Å². The van der Waals surface area contributed by atoms with Crippen LogP contribution in [0, 0.1) is 11.3 Å². The van der Waals surface area contributed by atoms with Crippen molar-refractivity contribution in [2.45, 2.75) is 46.1 Å². The fraction of sp³-hybridized carbons (Fsp3) is 0.323. The molecule has 1 saturated carbocycles. The molecule has 1 heterocycles. The van der Waals surface area contributed by atoms with Gasteiger partial charge in [0.1, 0.15) is 11.5 Å². The Labute approximate surface area is 212 Å². The van der Waals surface area contributed by atoms with Crippen LogP contribution in [0.3, 0.4) is 0 Å². The molecule has 5 heteroatoms. The minimum atomic E-state index is -0.572. The molecule has 1 fully saturated rings. The van der Waals surface area contributed by atoms with Crippen molar-refractivity contribution in [3.05, 3.63) is 90.0 Å². The third-order valence-corrected chi connectivity index (χ3v) is 6.96. The SMILES string of the molecule is CCCOc1ccccc1[C@H]1[C@@H]2C(=O)CC(C)(C)CC2=Nc2ccccc2N1C(=O)c1ccccc1. The number of carbonyl (C=O) groups is 2. The molecule has 184 valence electrons. The summed E-state index contributed by atoms with van der Waals surface area (Å²) in [5.41, 5.74) is 3.45. The minimum absolute atomic E-state index is 0.110. The summed E-state index contributed by atoms with van der Waals surface area (Å²) in [5, 5.41) is 0. The van der Waals surface area contributed by atoms with Gasteiger partial charge in [0.25, 0.3) is 5.91 Å². The van der Waals surface area contributed by atoms with Crippen LogP contribution in [0.5, 0.6) is 5.75 Å². The van der Waals surface area contributed by atoms with Crippen molar-refractivity contribution >= 4 is 28.8 Å². The molecular weight excluding hydrogens is 448 g/mol. The van der Waals surface area contributed by atoms with E-state index in [0.717, 1.165) is 17.7 Å². The van der Waals surface area contributed by atoms with Crippen LogP contribution in [0.25, 0.3) is 0 Å². The third kappa shape index (κ3) is 4.46. The Morgan fingerprint density at radius 3 is 2.44 bits per heavy atom. The number of anilines is 1. The molecule has 0 aromatic heterocycles. The molecule has 0 unspecified atom stereocenters. The largest absolute Gasteiger partial charge is 0.493 e. The van der Waals surface area contributed by atoms with Crippen LogP contribution < -0.4 is 9.64 Å². The lowest BCUT2D eigenvalue weighted by Crippen LogP contribution is -2.47. The van der Waals surface area contributed by atoms with Crippen molar-refractivity contribution in [3.63, 3.8) is 0 Å². The van der Waals surface area contributed by atoms with E-state index in [4.69, 9.17) is 9.73 Å². The second-order valence-corrected chi connectivity index (χ2v) is 10.4.